The molecule has 2 aromatic carbocycles. The normalized spacial score (nSPS) is 10.8. The Morgan fingerprint density at radius 3 is 2.30 bits per heavy atom. The third-order valence-electron chi connectivity index (χ3n) is 4.20. The number of phenolic OH excluding ortho intramolecular Hbond substituents is 1. The number of sulfonamides is 1. The second kappa shape index (κ2) is 10.2. The number of benzene rings is 2. The molecule has 1 heterocycles. The number of hydrogen-bond donors (Lipinski definition) is 3. The van der Waals surface area contributed by atoms with Gasteiger partial charge >= 0.3 is 5.97 Å². The smallest absolute Gasteiger partial charge is 0.342 e. The molecule has 10 nitrogen and oxygen atoms in total. The molecule has 0 saturated heterocycles. The maximum Gasteiger partial charge on any atom is 0.342 e. The van der Waals surface area contributed by atoms with Gasteiger partial charge in [-0.15, -0.1) is 11.3 Å². The highest BCUT2D eigenvalue weighted by molar-refractivity contribution is 7.94. The molecule has 3 aromatic rings. The SMILES string of the molecule is COc1cc(NC(=O)COC(=O)c2cc(NS(=O)(=O)c3cccs3)ccc2O)cc(OC)c1. The molecule has 12 heteroatoms. The summed E-state index contributed by atoms with van der Waals surface area (Å²) in [6.45, 7) is -0.650. The minimum Gasteiger partial charge on any atom is -0.507 e. The second-order valence-corrected chi connectivity index (χ2v) is 9.35. The largest absolute Gasteiger partial charge is 0.507 e. The van der Waals surface area contributed by atoms with Gasteiger partial charge in [0.05, 0.1) is 14.2 Å². The molecule has 1 aromatic heterocycles. The average molecular weight is 493 g/mol. The van der Waals surface area contributed by atoms with Crippen molar-refractivity contribution in [2.24, 2.45) is 0 Å². The van der Waals surface area contributed by atoms with Crippen molar-refractivity contribution in [2.75, 3.05) is 30.9 Å². The van der Waals surface area contributed by atoms with Crippen LogP contribution < -0.4 is 19.5 Å². The molecule has 33 heavy (non-hydrogen) atoms. The number of aromatic hydroxyl groups is 1. The van der Waals surface area contributed by atoms with Gasteiger partial charge < -0.3 is 24.6 Å². The first kappa shape index (κ1) is 23.9. The van der Waals surface area contributed by atoms with E-state index in [1.54, 1.807) is 29.6 Å². The molecule has 0 unspecified atom stereocenters. The van der Waals surface area contributed by atoms with Crippen molar-refractivity contribution in [1.82, 2.24) is 0 Å². The number of esters is 1. The fourth-order valence-corrected chi connectivity index (χ4v) is 4.71. The van der Waals surface area contributed by atoms with Crippen molar-refractivity contribution < 1.29 is 37.3 Å². The van der Waals surface area contributed by atoms with Crippen LogP contribution in [0, 0.1) is 0 Å². The Bertz CT molecular complexity index is 1240. The molecule has 174 valence electrons. The van der Waals surface area contributed by atoms with E-state index >= 15 is 0 Å². The number of rotatable bonds is 9. The maximum atomic E-state index is 12.4. The van der Waals surface area contributed by atoms with Crippen LogP contribution in [0.15, 0.2) is 58.1 Å². The van der Waals surface area contributed by atoms with E-state index in [-0.39, 0.29) is 15.5 Å². The number of hydrogen-bond acceptors (Lipinski definition) is 9. The Kier molecular flexibility index (Phi) is 7.41. The summed E-state index contributed by atoms with van der Waals surface area (Å²) in [4.78, 5) is 24.6. The van der Waals surface area contributed by atoms with Crippen molar-refractivity contribution in [3.05, 3.63) is 59.5 Å². The van der Waals surface area contributed by atoms with Gasteiger partial charge in [0.25, 0.3) is 15.9 Å². The van der Waals surface area contributed by atoms with Gasteiger partial charge in [0.1, 0.15) is 27.0 Å². The number of ether oxygens (including phenoxy) is 3. The van der Waals surface area contributed by atoms with E-state index < -0.39 is 34.3 Å². The number of carbonyl (C=O) groups excluding carboxylic acids is 2. The zero-order valence-electron chi connectivity index (χ0n) is 17.5. The molecule has 3 N–H and O–H groups in total. The number of nitrogens with one attached hydrogen (secondary N) is 2. The summed E-state index contributed by atoms with van der Waals surface area (Å²) in [6.07, 6.45) is 0. The lowest BCUT2D eigenvalue weighted by molar-refractivity contribution is -0.119. The van der Waals surface area contributed by atoms with Crippen LogP contribution in [0.1, 0.15) is 10.4 Å². The average Bonchev–Trinajstić information content (AvgIpc) is 3.34. The van der Waals surface area contributed by atoms with E-state index in [4.69, 9.17) is 14.2 Å². The second-order valence-electron chi connectivity index (χ2n) is 6.50. The van der Waals surface area contributed by atoms with E-state index in [9.17, 15) is 23.1 Å². The molecule has 3 rings (SSSR count). The highest BCUT2D eigenvalue weighted by atomic mass is 32.2. The van der Waals surface area contributed by atoms with Gasteiger partial charge in [-0.25, -0.2) is 13.2 Å². The lowest BCUT2D eigenvalue weighted by Gasteiger charge is -2.11. The fraction of sp³-hybridized carbons (Fsp3) is 0.143. The van der Waals surface area contributed by atoms with Crippen LogP contribution in [0.4, 0.5) is 11.4 Å². The minimum atomic E-state index is -3.85. The van der Waals surface area contributed by atoms with E-state index in [0.717, 1.165) is 23.5 Å². The fourth-order valence-electron chi connectivity index (χ4n) is 2.67. The first-order chi connectivity index (χ1) is 15.7. The predicted octanol–water partition coefficient (Wildman–Crippen LogP) is 3.07. The van der Waals surface area contributed by atoms with Gasteiger partial charge in [-0.3, -0.25) is 9.52 Å². The molecule has 0 bridgehead atoms. The zero-order chi connectivity index (χ0) is 24.0. The van der Waals surface area contributed by atoms with Gasteiger partial charge in [0.15, 0.2) is 6.61 Å². The Morgan fingerprint density at radius 1 is 1.00 bits per heavy atom. The van der Waals surface area contributed by atoms with Crippen molar-refractivity contribution in [1.29, 1.82) is 0 Å². The van der Waals surface area contributed by atoms with E-state index in [1.807, 2.05) is 0 Å². The highest BCUT2D eigenvalue weighted by Crippen LogP contribution is 2.27. The molecule has 0 spiro atoms. The standard InChI is InChI=1S/C21H20N2O8S2/c1-29-15-8-14(9-16(11-15)30-2)22-19(25)12-31-21(26)17-10-13(5-6-18(17)24)23-33(27,28)20-4-3-7-32-20/h3-11,23-24H,12H2,1-2H3,(H,22,25). The van der Waals surface area contributed by atoms with Gasteiger partial charge in [0.2, 0.25) is 0 Å². The number of carbonyl (C=O) groups is 2. The van der Waals surface area contributed by atoms with E-state index in [1.165, 1.54) is 26.4 Å². The van der Waals surface area contributed by atoms with Crippen LogP contribution in [0.25, 0.3) is 0 Å². The van der Waals surface area contributed by atoms with Crippen molar-refractivity contribution in [3.63, 3.8) is 0 Å². The van der Waals surface area contributed by atoms with Gasteiger partial charge in [-0.05, 0) is 29.6 Å². The first-order valence-electron chi connectivity index (χ1n) is 9.31. The van der Waals surface area contributed by atoms with Crippen LogP contribution in [0.5, 0.6) is 17.2 Å². The quantitative estimate of drug-likeness (QED) is 0.306. The summed E-state index contributed by atoms with van der Waals surface area (Å²) >= 11 is 1.03. The number of thiophene rings is 1. The van der Waals surface area contributed by atoms with Gasteiger partial charge in [-0.1, -0.05) is 6.07 Å². The molecule has 0 fully saturated rings. The number of methoxy groups -OCH3 is 2. The summed E-state index contributed by atoms with van der Waals surface area (Å²) in [5.74, 6) is -1.19. The Hall–Kier alpha value is -3.77. The molecule has 1 amide bonds. The number of amides is 1. The van der Waals surface area contributed by atoms with Crippen molar-refractivity contribution in [2.45, 2.75) is 4.21 Å². The molecule has 0 radical (unpaired) electrons. The number of phenols is 1. The van der Waals surface area contributed by atoms with Crippen molar-refractivity contribution >= 4 is 44.6 Å². The molecule has 0 aliphatic carbocycles. The Morgan fingerprint density at radius 2 is 1.70 bits per heavy atom. The van der Waals surface area contributed by atoms with Gasteiger partial charge in [-0.2, -0.15) is 0 Å². The molecular formula is C21H20N2O8S2. The van der Waals surface area contributed by atoms with Crippen LogP contribution in [0.2, 0.25) is 0 Å². The summed E-state index contributed by atoms with van der Waals surface area (Å²) in [6, 6.07) is 11.3. The third kappa shape index (κ3) is 6.14. The lowest BCUT2D eigenvalue weighted by Crippen LogP contribution is -2.21. The van der Waals surface area contributed by atoms with Crippen molar-refractivity contribution in [3.8, 4) is 17.2 Å². The Balaban J connectivity index is 1.65. The molecular weight excluding hydrogens is 472 g/mol. The Labute approximate surface area is 193 Å². The van der Waals surface area contributed by atoms with Crippen LogP contribution in [-0.2, 0) is 19.6 Å². The summed E-state index contributed by atoms with van der Waals surface area (Å²) in [7, 11) is -0.924. The molecule has 0 aliphatic heterocycles. The number of anilines is 2. The maximum absolute atomic E-state index is 12.4. The zero-order valence-corrected chi connectivity index (χ0v) is 19.2. The first-order valence-corrected chi connectivity index (χ1v) is 11.7. The molecule has 0 aliphatic rings. The minimum absolute atomic E-state index is 0.0427. The lowest BCUT2D eigenvalue weighted by atomic mass is 10.2. The van der Waals surface area contributed by atoms with E-state index in [2.05, 4.69) is 10.0 Å². The van der Waals surface area contributed by atoms with Crippen LogP contribution >= 0.6 is 11.3 Å². The predicted molar refractivity (Wildman–Crippen MR) is 122 cm³/mol. The summed E-state index contributed by atoms with van der Waals surface area (Å²) < 4.78 is 42.3. The van der Waals surface area contributed by atoms with E-state index in [0.29, 0.717) is 17.2 Å². The monoisotopic (exact) mass is 492 g/mol. The van der Waals surface area contributed by atoms with Crippen LogP contribution in [-0.4, -0.2) is 46.2 Å². The summed E-state index contributed by atoms with van der Waals surface area (Å²) in [5.41, 5.74) is 0.0957. The third-order valence-corrected chi connectivity index (χ3v) is 6.98. The van der Waals surface area contributed by atoms with Crippen LogP contribution in [0.3, 0.4) is 0 Å². The summed E-state index contributed by atoms with van der Waals surface area (Å²) in [5, 5.41) is 14.2. The topological polar surface area (TPSA) is 140 Å². The molecule has 0 atom stereocenters. The molecule has 0 saturated carbocycles. The highest BCUT2D eigenvalue weighted by Gasteiger charge is 2.19. The van der Waals surface area contributed by atoms with Gasteiger partial charge in [0, 0.05) is 29.6 Å².